The third-order valence-corrected chi connectivity index (χ3v) is 9.99. The second-order valence-electron chi connectivity index (χ2n) is 14.8. The second-order valence-corrected chi connectivity index (χ2v) is 14.8. The van der Waals surface area contributed by atoms with Crippen molar-refractivity contribution in [1.82, 2.24) is 0 Å². The molecule has 2 saturated heterocycles. The van der Waals surface area contributed by atoms with Crippen LogP contribution in [-0.4, -0.2) is 83.2 Å². The van der Waals surface area contributed by atoms with E-state index in [9.17, 15) is 24.9 Å². The van der Waals surface area contributed by atoms with Crippen molar-refractivity contribution < 1.29 is 43.9 Å². The zero-order valence-corrected chi connectivity index (χ0v) is 30.7. The van der Waals surface area contributed by atoms with Crippen molar-refractivity contribution in [3.05, 3.63) is 84.6 Å². The van der Waals surface area contributed by atoms with Gasteiger partial charge in [0.05, 0.1) is 43.2 Å². The average Bonchev–Trinajstić information content (AvgIpc) is 3.07. The molecule has 0 radical (unpaired) electrons. The van der Waals surface area contributed by atoms with Gasteiger partial charge in [-0.1, -0.05) is 95.0 Å². The number of aliphatic hydroxyl groups excluding tert-OH is 3. The predicted molar refractivity (Wildman–Crippen MR) is 195 cm³/mol. The van der Waals surface area contributed by atoms with Crippen LogP contribution in [0.1, 0.15) is 86.0 Å². The number of carbonyl (C=O) groups is 2. The molecule has 0 spiro atoms. The van der Waals surface area contributed by atoms with E-state index in [1.807, 2.05) is 44.2 Å². The lowest BCUT2D eigenvalue weighted by atomic mass is 9.73. The summed E-state index contributed by atoms with van der Waals surface area (Å²) in [5, 5.41) is 32.2. The molecule has 9 atom stereocenters. The number of aliphatic hydroxyl groups is 3. The molecule has 3 heterocycles. The molecular weight excluding hydrogens is 636 g/mol. The van der Waals surface area contributed by atoms with Crippen LogP contribution in [-0.2, 0) is 28.5 Å². The summed E-state index contributed by atoms with van der Waals surface area (Å²) in [5.74, 6) is -0.959. The van der Waals surface area contributed by atoms with Crippen LogP contribution in [0.4, 0.5) is 0 Å². The number of esters is 2. The minimum atomic E-state index is -1.19. The molecule has 278 valence electrons. The number of hydrogen-bond donors (Lipinski definition) is 3. The number of ether oxygens (including phenoxy) is 4. The number of fused-ring (bicyclic) bond motifs is 4. The first-order valence-electron chi connectivity index (χ1n) is 18.1. The quantitative estimate of drug-likeness (QED) is 0.204. The van der Waals surface area contributed by atoms with Crippen molar-refractivity contribution in [3.63, 3.8) is 0 Å². The molecule has 0 aromatic carbocycles. The number of hydrogen-bond acceptors (Lipinski definition) is 9. The van der Waals surface area contributed by atoms with Crippen molar-refractivity contribution in [2.24, 2.45) is 17.3 Å². The molecule has 0 aromatic rings. The van der Waals surface area contributed by atoms with E-state index in [4.69, 9.17) is 18.9 Å². The first-order valence-corrected chi connectivity index (χ1v) is 18.1. The van der Waals surface area contributed by atoms with E-state index < -0.39 is 47.9 Å². The zero-order valence-electron chi connectivity index (χ0n) is 30.7. The highest BCUT2D eigenvalue weighted by Crippen LogP contribution is 2.40. The Hall–Kier alpha value is -3.08. The van der Waals surface area contributed by atoms with Gasteiger partial charge in [0.1, 0.15) is 6.61 Å². The van der Waals surface area contributed by atoms with E-state index in [-0.39, 0.29) is 37.8 Å². The highest BCUT2D eigenvalue weighted by atomic mass is 16.6. The Morgan fingerprint density at radius 2 is 1.80 bits per heavy atom. The summed E-state index contributed by atoms with van der Waals surface area (Å²) in [6.07, 6.45) is 15.9. The van der Waals surface area contributed by atoms with Crippen LogP contribution in [0.3, 0.4) is 0 Å². The lowest BCUT2D eigenvalue weighted by Gasteiger charge is -2.47. The van der Waals surface area contributed by atoms with Gasteiger partial charge in [-0.2, -0.15) is 0 Å². The number of allylic oxidation sites excluding steroid dienone is 5. The smallest absolute Gasteiger partial charge is 0.348 e. The van der Waals surface area contributed by atoms with Crippen molar-refractivity contribution >= 4 is 11.9 Å². The summed E-state index contributed by atoms with van der Waals surface area (Å²) in [5.41, 5.74) is 1.67. The van der Waals surface area contributed by atoms with Crippen molar-refractivity contribution in [2.45, 2.75) is 129 Å². The van der Waals surface area contributed by atoms with Gasteiger partial charge >= 0.3 is 11.9 Å². The topological polar surface area (TPSA) is 132 Å². The molecule has 9 heteroatoms. The maximum atomic E-state index is 13.1. The minimum absolute atomic E-state index is 0.0396. The highest BCUT2D eigenvalue weighted by Gasteiger charge is 2.47. The van der Waals surface area contributed by atoms with E-state index in [1.165, 1.54) is 6.08 Å². The molecule has 4 bridgehead atoms. The predicted octanol–water partition coefficient (Wildman–Crippen LogP) is 6.41. The van der Waals surface area contributed by atoms with Crippen LogP contribution in [0.25, 0.3) is 0 Å². The molecule has 0 amide bonds. The van der Waals surface area contributed by atoms with E-state index in [0.717, 1.165) is 29.6 Å². The third-order valence-electron chi connectivity index (χ3n) is 9.99. The molecular formula is C41H60O9. The Morgan fingerprint density at radius 3 is 2.52 bits per heavy atom. The Kier molecular flexibility index (Phi) is 16.6. The van der Waals surface area contributed by atoms with Crippen LogP contribution < -0.4 is 0 Å². The summed E-state index contributed by atoms with van der Waals surface area (Å²) in [7, 11) is 0. The van der Waals surface area contributed by atoms with Crippen LogP contribution in [0.5, 0.6) is 0 Å². The Balaban J connectivity index is 1.84. The van der Waals surface area contributed by atoms with Gasteiger partial charge < -0.3 is 34.3 Å². The fraction of sp³-hybridized carbons (Fsp3) is 0.610. The molecule has 0 aromatic heterocycles. The van der Waals surface area contributed by atoms with Crippen molar-refractivity contribution in [2.75, 3.05) is 13.2 Å². The average molecular weight is 697 g/mol. The SMILES string of the molecule is C=C(CCC(C)C)COC(=O)[C@@H]1C/C=C\C[C@@H]2O[C@@H](C[C@@H](O)[C@@]2(C)CO)C(=C)C/C=C/C(C)=C\[C@H]2O[C@@H](C/C=C/C=C/C(=O)O1)C[C@H](O)[C@H]2C. The molecule has 3 rings (SSSR count). The standard InChI is InChI=1S/C41H60O9/c1-27(2)20-21-29(4)25-47-40(46)34-17-11-12-18-38-41(7,26-42)37(44)24-35(49-38)30(5)15-13-14-28(3)22-36-31(6)33(43)23-32(48-36)16-9-8-10-19-39(45)50-34/h8-14,19,22,27,31-38,42-44H,4-5,15-18,20-21,23-26H2,1-3,6-7H3/b9-8+,12-11-,14-13+,19-10+,28-22-/t31-,32+,33+,34+,35+,36-,37-,38+,41-/m1/s1. The second kappa shape index (κ2) is 20.1. The van der Waals surface area contributed by atoms with E-state index in [1.54, 1.807) is 25.2 Å². The lowest BCUT2D eigenvalue weighted by Crippen LogP contribution is -2.54. The number of carbonyl (C=O) groups excluding carboxylic acids is 2. The van der Waals surface area contributed by atoms with Gasteiger partial charge in [-0.25, -0.2) is 9.59 Å². The van der Waals surface area contributed by atoms with Crippen LogP contribution in [0.15, 0.2) is 84.6 Å². The van der Waals surface area contributed by atoms with E-state index in [2.05, 4.69) is 27.0 Å². The van der Waals surface area contributed by atoms with Crippen LogP contribution >= 0.6 is 0 Å². The van der Waals surface area contributed by atoms with E-state index >= 15 is 0 Å². The lowest BCUT2D eigenvalue weighted by molar-refractivity contribution is -0.182. The zero-order chi connectivity index (χ0) is 36.8. The van der Waals surface area contributed by atoms with Gasteiger partial charge in [-0.3, -0.25) is 0 Å². The Labute approximate surface area is 299 Å². The largest absolute Gasteiger partial charge is 0.458 e. The first-order chi connectivity index (χ1) is 23.7. The normalized spacial score (nSPS) is 36.9. The van der Waals surface area contributed by atoms with Gasteiger partial charge in [0.25, 0.3) is 0 Å². The monoisotopic (exact) mass is 696 g/mol. The van der Waals surface area contributed by atoms with Gasteiger partial charge in [-0.05, 0) is 56.1 Å². The number of rotatable bonds is 7. The van der Waals surface area contributed by atoms with Gasteiger partial charge in [0.2, 0.25) is 6.10 Å². The molecule has 0 saturated carbocycles. The molecule has 0 aliphatic carbocycles. The molecule has 0 unspecified atom stereocenters. The molecule has 2 fully saturated rings. The van der Waals surface area contributed by atoms with Gasteiger partial charge in [-0.15, -0.1) is 0 Å². The fourth-order valence-electron chi connectivity index (χ4n) is 6.27. The maximum Gasteiger partial charge on any atom is 0.348 e. The highest BCUT2D eigenvalue weighted by molar-refractivity contribution is 5.86. The first kappa shape index (κ1) is 41.3. The molecule has 3 aliphatic heterocycles. The summed E-state index contributed by atoms with van der Waals surface area (Å²) in [4.78, 5) is 25.9. The summed E-state index contributed by atoms with van der Waals surface area (Å²) >= 11 is 0. The van der Waals surface area contributed by atoms with E-state index in [0.29, 0.717) is 38.0 Å². The Morgan fingerprint density at radius 1 is 1.06 bits per heavy atom. The molecule has 3 aliphatic rings. The molecule has 9 nitrogen and oxygen atoms in total. The van der Waals surface area contributed by atoms with Crippen LogP contribution in [0, 0.1) is 17.3 Å². The summed E-state index contributed by atoms with van der Waals surface area (Å²) < 4.78 is 23.8. The molecule has 3 N–H and O–H groups in total. The third kappa shape index (κ3) is 12.6. The summed E-state index contributed by atoms with van der Waals surface area (Å²) in [6, 6.07) is 0. The van der Waals surface area contributed by atoms with Crippen LogP contribution in [0.2, 0.25) is 0 Å². The number of cyclic esters (lactones) is 1. The van der Waals surface area contributed by atoms with Crippen molar-refractivity contribution in [1.29, 1.82) is 0 Å². The van der Waals surface area contributed by atoms with Gasteiger partial charge in [0, 0.05) is 36.7 Å². The van der Waals surface area contributed by atoms with Gasteiger partial charge in [0.15, 0.2) is 0 Å². The summed E-state index contributed by atoms with van der Waals surface area (Å²) in [6.45, 7) is 18.0. The van der Waals surface area contributed by atoms with Crippen molar-refractivity contribution in [3.8, 4) is 0 Å². The fourth-order valence-corrected chi connectivity index (χ4v) is 6.27. The minimum Gasteiger partial charge on any atom is -0.458 e. The maximum absolute atomic E-state index is 13.1. The molecule has 50 heavy (non-hydrogen) atoms. The Bertz CT molecular complexity index is 1310.